The van der Waals surface area contributed by atoms with Gasteiger partial charge in [-0.15, -0.1) is 0 Å². The summed E-state index contributed by atoms with van der Waals surface area (Å²) in [5.41, 5.74) is 4.43. The molecule has 2 heterocycles. The van der Waals surface area contributed by atoms with Crippen LogP contribution in [0, 0.1) is 19.7 Å². The molecule has 3 aromatic rings. The van der Waals surface area contributed by atoms with Crippen LogP contribution in [0.5, 0.6) is 0 Å². The van der Waals surface area contributed by atoms with E-state index in [1.807, 2.05) is 32.0 Å². The molecule has 0 unspecified atom stereocenters. The third-order valence-corrected chi connectivity index (χ3v) is 7.18. The van der Waals surface area contributed by atoms with Crippen molar-refractivity contribution in [3.05, 3.63) is 71.2 Å². The smallest absolute Gasteiger partial charge is 0.276 e. The van der Waals surface area contributed by atoms with Crippen LogP contribution in [-0.4, -0.2) is 35.6 Å². The number of hydrogen-bond donors (Lipinski definition) is 1. The molecule has 0 saturated carbocycles. The van der Waals surface area contributed by atoms with E-state index in [4.69, 9.17) is 0 Å². The van der Waals surface area contributed by atoms with Crippen molar-refractivity contribution in [2.75, 3.05) is 16.8 Å². The average Bonchev–Trinajstić information content (AvgIpc) is 3.29. The van der Waals surface area contributed by atoms with Crippen LogP contribution in [0.1, 0.15) is 34.1 Å². The molecule has 156 valence electrons. The van der Waals surface area contributed by atoms with Gasteiger partial charge in [-0.25, -0.2) is 12.8 Å². The van der Waals surface area contributed by atoms with Crippen molar-refractivity contribution < 1.29 is 17.6 Å². The number of halogens is 1. The molecule has 1 aromatic heterocycles. The zero-order valence-corrected chi connectivity index (χ0v) is 17.5. The number of benzene rings is 2. The number of amides is 1. The fraction of sp³-hybridized carbons (Fsp3) is 0.273. The van der Waals surface area contributed by atoms with E-state index in [-0.39, 0.29) is 23.2 Å². The van der Waals surface area contributed by atoms with Gasteiger partial charge in [-0.2, -0.15) is 5.10 Å². The van der Waals surface area contributed by atoms with E-state index >= 15 is 0 Å². The van der Waals surface area contributed by atoms with Crippen molar-refractivity contribution in [1.82, 2.24) is 9.78 Å². The number of carbonyl (C=O) groups is 1. The molecule has 1 saturated heterocycles. The fourth-order valence-electron chi connectivity index (χ4n) is 3.60. The summed E-state index contributed by atoms with van der Waals surface area (Å²) in [5.74, 6) is -0.713. The van der Waals surface area contributed by atoms with Crippen LogP contribution in [0.25, 0.3) is 11.3 Å². The van der Waals surface area contributed by atoms with Crippen LogP contribution in [0.4, 0.5) is 10.1 Å². The minimum atomic E-state index is -3.12. The largest absolute Gasteiger partial charge is 0.321 e. The lowest BCUT2D eigenvalue weighted by Crippen LogP contribution is -2.16. The van der Waals surface area contributed by atoms with Crippen LogP contribution in [0.3, 0.4) is 0 Å². The van der Waals surface area contributed by atoms with Crippen LogP contribution in [0.15, 0.2) is 48.5 Å². The first kappa shape index (κ1) is 20.3. The normalized spacial score (nSPS) is 17.8. The zero-order valence-electron chi connectivity index (χ0n) is 16.7. The third kappa shape index (κ3) is 4.14. The van der Waals surface area contributed by atoms with Gasteiger partial charge in [0.1, 0.15) is 5.82 Å². The minimum Gasteiger partial charge on any atom is -0.321 e. The summed E-state index contributed by atoms with van der Waals surface area (Å²) >= 11 is 0. The molecule has 6 nitrogen and oxygen atoms in total. The van der Waals surface area contributed by atoms with Gasteiger partial charge in [0.25, 0.3) is 5.91 Å². The number of rotatable bonds is 4. The van der Waals surface area contributed by atoms with E-state index in [0.717, 1.165) is 16.7 Å². The van der Waals surface area contributed by atoms with Crippen LogP contribution < -0.4 is 5.32 Å². The lowest BCUT2D eigenvalue weighted by molar-refractivity contribution is 0.102. The Labute approximate surface area is 174 Å². The van der Waals surface area contributed by atoms with Crippen molar-refractivity contribution in [1.29, 1.82) is 0 Å². The summed E-state index contributed by atoms with van der Waals surface area (Å²) in [7, 11) is -3.12. The third-order valence-electron chi connectivity index (χ3n) is 5.43. The molecule has 8 heteroatoms. The molecule has 0 aliphatic carbocycles. The molecule has 1 aliphatic heterocycles. The van der Waals surface area contributed by atoms with Gasteiger partial charge in [0.15, 0.2) is 15.5 Å². The maximum atomic E-state index is 13.1. The Morgan fingerprint density at radius 2 is 1.83 bits per heavy atom. The Kier molecular flexibility index (Phi) is 5.19. The lowest BCUT2D eigenvalue weighted by atomic mass is 10.0. The van der Waals surface area contributed by atoms with E-state index in [1.54, 1.807) is 10.7 Å². The second-order valence-electron chi connectivity index (χ2n) is 7.68. The number of carbonyl (C=O) groups excluding carboxylic acids is 1. The van der Waals surface area contributed by atoms with Gasteiger partial charge in [-0.05, 0) is 67.8 Å². The number of sulfone groups is 1. The zero-order chi connectivity index (χ0) is 21.5. The van der Waals surface area contributed by atoms with Gasteiger partial charge in [0.05, 0.1) is 23.2 Å². The van der Waals surface area contributed by atoms with Crippen molar-refractivity contribution in [2.45, 2.75) is 26.3 Å². The molecule has 2 aromatic carbocycles. The van der Waals surface area contributed by atoms with E-state index in [1.165, 1.54) is 24.3 Å². The predicted molar refractivity (Wildman–Crippen MR) is 114 cm³/mol. The summed E-state index contributed by atoms with van der Waals surface area (Å²) in [6.45, 7) is 4.02. The summed E-state index contributed by atoms with van der Waals surface area (Å²) < 4.78 is 38.8. The summed E-state index contributed by atoms with van der Waals surface area (Å²) in [5, 5.41) is 7.17. The molecular formula is C22H22FN3O3S. The average molecular weight is 428 g/mol. The van der Waals surface area contributed by atoms with Crippen molar-refractivity contribution in [3.63, 3.8) is 0 Å². The molecule has 30 heavy (non-hydrogen) atoms. The Morgan fingerprint density at radius 3 is 2.47 bits per heavy atom. The van der Waals surface area contributed by atoms with Crippen molar-refractivity contribution in [2.24, 2.45) is 0 Å². The number of aryl methyl sites for hydroxylation is 2. The molecule has 0 radical (unpaired) electrons. The molecule has 1 atom stereocenters. The maximum absolute atomic E-state index is 13.1. The van der Waals surface area contributed by atoms with Gasteiger partial charge >= 0.3 is 0 Å². The van der Waals surface area contributed by atoms with Gasteiger partial charge < -0.3 is 5.32 Å². The first-order chi connectivity index (χ1) is 14.2. The molecule has 1 fully saturated rings. The molecule has 1 amide bonds. The van der Waals surface area contributed by atoms with E-state index in [2.05, 4.69) is 10.4 Å². The highest BCUT2D eigenvalue weighted by atomic mass is 32.2. The summed E-state index contributed by atoms with van der Waals surface area (Å²) in [4.78, 5) is 12.8. The maximum Gasteiger partial charge on any atom is 0.276 e. The van der Waals surface area contributed by atoms with Gasteiger partial charge in [0.2, 0.25) is 0 Å². The first-order valence-electron chi connectivity index (χ1n) is 9.66. The summed E-state index contributed by atoms with van der Waals surface area (Å²) in [6.07, 6.45) is 0.459. The van der Waals surface area contributed by atoms with Crippen molar-refractivity contribution >= 4 is 21.4 Å². The van der Waals surface area contributed by atoms with E-state index in [0.29, 0.717) is 17.8 Å². The highest BCUT2D eigenvalue weighted by Gasteiger charge is 2.32. The molecular weight excluding hydrogens is 405 g/mol. The van der Waals surface area contributed by atoms with Gasteiger partial charge in [-0.3, -0.25) is 9.48 Å². The van der Waals surface area contributed by atoms with Gasteiger partial charge in [0, 0.05) is 11.3 Å². The quantitative estimate of drug-likeness (QED) is 0.684. The second kappa shape index (κ2) is 7.68. The highest BCUT2D eigenvalue weighted by Crippen LogP contribution is 2.31. The first-order valence-corrected chi connectivity index (χ1v) is 11.5. The molecule has 1 aliphatic rings. The fourth-order valence-corrected chi connectivity index (χ4v) is 5.29. The SMILES string of the molecule is Cc1ccc(-c2cc(C(=O)Nc3ccc(F)cc3)nn2[C@@H]2CCS(=O)(=O)C2)cc1C. The standard InChI is InChI=1S/C22H22FN3O3S/c1-14-3-4-16(11-15(14)2)21-12-20(22(27)24-18-7-5-17(23)6-8-18)25-26(21)19-9-10-30(28,29)13-19/h3-8,11-12,19H,9-10,13H2,1-2H3,(H,24,27)/t19-/m1/s1. The van der Waals surface area contributed by atoms with Gasteiger partial charge in [-0.1, -0.05) is 12.1 Å². The number of aromatic nitrogens is 2. The lowest BCUT2D eigenvalue weighted by Gasteiger charge is -2.14. The number of hydrogen-bond acceptors (Lipinski definition) is 4. The highest BCUT2D eigenvalue weighted by molar-refractivity contribution is 7.91. The van der Waals surface area contributed by atoms with Crippen LogP contribution in [-0.2, 0) is 9.84 Å². The molecule has 0 bridgehead atoms. The Balaban J connectivity index is 1.72. The topological polar surface area (TPSA) is 81.1 Å². The summed E-state index contributed by atoms with van der Waals surface area (Å²) in [6, 6.07) is 12.8. The Morgan fingerprint density at radius 1 is 1.10 bits per heavy atom. The van der Waals surface area contributed by atoms with Crippen LogP contribution in [0.2, 0.25) is 0 Å². The monoisotopic (exact) mass is 427 g/mol. The second-order valence-corrected chi connectivity index (χ2v) is 9.91. The molecule has 0 spiro atoms. The minimum absolute atomic E-state index is 0.00550. The number of nitrogens with zero attached hydrogens (tertiary/aromatic N) is 2. The van der Waals surface area contributed by atoms with Crippen LogP contribution >= 0.6 is 0 Å². The predicted octanol–water partition coefficient (Wildman–Crippen LogP) is 3.92. The molecule has 1 N–H and O–H groups in total. The Bertz CT molecular complexity index is 1220. The Hall–Kier alpha value is -3.00. The number of anilines is 1. The molecule has 4 rings (SSSR count). The van der Waals surface area contributed by atoms with E-state index in [9.17, 15) is 17.6 Å². The van der Waals surface area contributed by atoms with Crippen molar-refractivity contribution in [3.8, 4) is 11.3 Å². The van der Waals surface area contributed by atoms with E-state index < -0.39 is 21.6 Å². The number of nitrogens with one attached hydrogen (secondary N) is 1.